The van der Waals surface area contributed by atoms with Crippen LogP contribution in [0.2, 0.25) is 0 Å². The molecule has 0 aliphatic carbocycles. The van der Waals surface area contributed by atoms with Crippen molar-refractivity contribution in [1.29, 1.82) is 0 Å². The molecule has 0 heterocycles. The summed E-state index contributed by atoms with van der Waals surface area (Å²) in [5.74, 6) is 0. The smallest absolute Gasteiger partial charge is 0.000719 e. The first kappa shape index (κ1) is 33.2. The Morgan fingerprint density at radius 1 is 0.167 bits per heavy atom. The Labute approximate surface area is 347 Å². The summed E-state index contributed by atoms with van der Waals surface area (Å²) < 4.78 is 0. The lowest BCUT2D eigenvalue weighted by Gasteiger charge is -2.19. The Morgan fingerprint density at radius 2 is 0.583 bits per heavy atom. The van der Waals surface area contributed by atoms with E-state index in [1.807, 2.05) is 0 Å². The predicted molar refractivity (Wildman–Crippen MR) is 259 cm³/mol. The highest BCUT2D eigenvalue weighted by Crippen LogP contribution is 2.54. The van der Waals surface area contributed by atoms with Crippen LogP contribution < -0.4 is 0 Å². The second kappa shape index (κ2) is 12.9. The Hall–Kier alpha value is -7.80. The third-order valence-corrected chi connectivity index (χ3v) is 13.1. The van der Waals surface area contributed by atoms with Gasteiger partial charge in [-0.3, -0.25) is 0 Å². The highest BCUT2D eigenvalue weighted by Gasteiger charge is 2.26. The molecule has 0 aliphatic rings. The molecule has 0 amide bonds. The minimum absolute atomic E-state index is 1.20. The summed E-state index contributed by atoms with van der Waals surface area (Å²) in [6.07, 6.45) is 0. The summed E-state index contributed by atoms with van der Waals surface area (Å²) in [7, 11) is 0. The molecule has 0 aliphatic heterocycles. The maximum Gasteiger partial charge on any atom is -0.000719 e. The highest BCUT2D eigenvalue weighted by atomic mass is 14.3. The van der Waals surface area contributed by atoms with Gasteiger partial charge in [0.1, 0.15) is 0 Å². The molecular formula is C60H36. The zero-order valence-electron chi connectivity index (χ0n) is 32.8. The molecule has 0 N–H and O–H groups in total. The van der Waals surface area contributed by atoms with Crippen LogP contribution in [0.4, 0.5) is 0 Å². The third kappa shape index (κ3) is 4.79. The maximum atomic E-state index is 2.53. The van der Waals surface area contributed by atoms with Crippen molar-refractivity contribution < 1.29 is 0 Å². The minimum atomic E-state index is 1.20. The summed E-state index contributed by atoms with van der Waals surface area (Å²) in [5, 5.41) is 18.4. The molecule has 0 heteroatoms. The maximum absolute atomic E-state index is 2.53. The van der Waals surface area contributed by atoms with E-state index in [1.165, 1.54) is 131 Å². The van der Waals surface area contributed by atoms with E-state index in [4.69, 9.17) is 0 Å². The van der Waals surface area contributed by atoms with Crippen molar-refractivity contribution in [3.05, 3.63) is 218 Å². The molecule has 0 unspecified atom stereocenters. The standard InChI is InChI=1S/C60H36/c1-4-16-37(17-5-1)43-33-44(38-18-6-2-7-19-38)35-45(34-43)41-24-12-25-42(32-41)56-58-51-31-15-28-48-46-26-10-11-27-47(46)52(57(48)51)36-53(58)55(40-20-8-3-9-21-40)59-49-29-13-22-39-23-14-30-50(54(39)49)60(56)59/h1-36H. The molecule has 0 fully saturated rings. The highest BCUT2D eigenvalue weighted by molar-refractivity contribution is 6.44. The quantitative estimate of drug-likeness (QED) is 0.153. The summed E-state index contributed by atoms with van der Waals surface area (Å²) >= 11 is 0. The van der Waals surface area contributed by atoms with Crippen molar-refractivity contribution in [2.24, 2.45) is 0 Å². The first-order valence-electron chi connectivity index (χ1n) is 20.9. The van der Waals surface area contributed by atoms with E-state index in [-0.39, 0.29) is 0 Å². The van der Waals surface area contributed by atoms with E-state index in [0.717, 1.165) is 0 Å². The van der Waals surface area contributed by atoms with Gasteiger partial charge < -0.3 is 0 Å². The normalized spacial score (nSPS) is 12.0. The predicted octanol–water partition coefficient (Wildman–Crippen LogP) is 17.0. The van der Waals surface area contributed by atoms with Gasteiger partial charge in [-0.05, 0) is 161 Å². The molecule has 60 heavy (non-hydrogen) atoms. The second-order valence-corrected chi connectivity index (χ2v) is 16.3. The van der Waals surface area contributed by atoms with Gasteiger partial charge in [0.25, 0.3) is 0 Å². The molecule has 0 radical (unpaired) electrons. The van der Waals surface area contributed by atoms with Crippen LogP contribution in [0, 0.1) is 0 Å². The van der Waals surface area contributed by atoms with Gasteiger partial charge in [-0.2, -0.15) is 0 Å². The first-order chi connectivity index (χ1) is 29.8. The van der Waals surface area contributed by atoms with Gasteiger partial charge in [0, 0.05) is 0 Å². The number of hydrogen-bond donors (Lipinski definition) is 0. The zero-order chi connectivity index (χ0) is 39.3. The van der Waals surface area contributed by atoms with Crippen LogP contribution in [0.1, 0.15) is 0 Å². The van der Waals surface area contributed by atoms with Crippen molar-refractivity contribution in [3.63, 3.8) is 0 Å². The van der Waals surface area contributed by atoms with Crippen LogP contribution >= 0.6 is 0 Å². The lowest BCUT2D eigenvalue weighted by atomic mass is 9.83. The van der Waals surface area contributed by atoms with Crippen LogP contribution in [-0.4, -0.2) is 0 Å². The van der Waals surface area contributed by atoms with E-state index in [2.05, 4.69) is 218 Å². The molecule has 13 rings (SSSR count). The van der Waals surface area contributed by atoms with E-state index < -0.39 is 0 Å². The fourth-order valence-electron chi connectivity index (χ4n) is 10.6. The lowest BCUT2D eigenvalue weighted by Crippen LogP contribution is -1.92. The summed E-state index contributed by atoms with van der Waals surface area (Å²) in [6, 6.07) is 81.3. The van der Waals surface area contributed by atoms with Crippen molar-refractivity contribution in [1.82, 2.24) is 0 Å². The van der Waals surface area contributed by atoms with Gasteiger partial charge >= 0.3 is 0 Å². The molecule has 0 atom stereocenters. The number of hydrogen-bond acceptors (Lipinski definition) is 0. The molecule has 0 bridgehead atoms. The van der Waals surface area contributed by atoms with Gasteiger partial charge in [-0.15, -0.1) is 0 Å². The average Bonchev–Trinajstić information content (AvgIpc) is 3.83. The van der Waals surface area contributed by atoms with Crippen molar-refractivity contribution in [3.8, 4) is 55.6 Å². The number of benzene rings is 11. The molecule has 0 saturated heterocycles. The monoisotopic (exact) mass is 756 g/mol. The minimum Gasteiger partial charge on any atom is -0.0622 e. The second-order valence-electron chi connectivity index (χ2n) is 16.3. The van der Waals surface area contributed by atoms with Gasteiger partial charge in [-0.1, -0.05) is 188 Å². The Morgan fingerprint density at radius 3 is 1.22 bits per heavy atom. The van der Waals surface area contributed by atoms with Gasteiger partial charge in [0.15, 0.2) is 0 Å². The molecule has 13 aromatic rings. The Bertz CT molecular complexity index is 3720. The molecule has 0 nitrogen and oxygen atoms in total. The molecule has 13 aromatic carbocycles. The number of rotatable bonds is 5. The van der Waals surface area contributed by atoms with Crippen LogP contribution in [0.3, 0.4) is 0 Å². The Kier molecular flexibility index (Phi) is 7.11. The van der Waals surface area contributed by atoms with Crippen LogP contribution in [-0.2, 0) is 0 Å². The van der Waals surface area contributed by atoms with Crippen molar-refractivity contribution in [2.45, 2.75) is 0 Å². The molecule has 0 spiro atoms. The van der Waals surface area contributed by atoms with Gasteiger partial charge in [-0.25, -0.2) is 0 Å². The largest absolute Gasteiger partial charge is 0.0622 e. The van der Waals surface area contributed by atoms with Crippen molar-refractivity contribution >= 4 is 75.4 Å². The molecule has 0 saturated carbocycles. The van der Waals surface area contributed by atoms with Crippen LogP contribution in [0.15, 0.2) is 218 Å². The average molecular weight is 757 g/mol. The molecular weight excluding hydrogens is 721 g/mol. The van der Waals surface area contributed by atoms with Gasteiger partial charge in [0.2, 0.25) is 0 Å². The third-order valence-electron chi connectivity index (χ3n) is 13.1. The van der Waals surface area contributed by atoms with Crippen LogP contribution in [0.5, 0.6) is 0 Å². The van der Waals surface area contributed by atoms with E-state index in [0.29, 0.717) is 0 Å². The molecule has 0 aromatic heterocycles. The van der Waals surface area contributed by atoms with Crippen molar-refractivity contribution in [2.75, 3.05) is 0 Å². The summed E-state index contributed by atoms with van der Waals surface area (Å²) in [4.78, 5) is 0. The lowest BCUT2D eigenvalue weighted by molar-refractivity contribution is 1.56. The van der Waals surface area contributed by atoms with E-state index in [1.54, 1.807) is 0 Å². The van der Waals surface area contributed by atoms with Crippen LogP contribution in [0.25, 0.3) is 131 Å². The van der Waals surface area contributed by atoms with Gasteiger partial charge in [0.05, 0.1) is 0 Å². The topological polar surface area (TPSA) is 0 Å². The molecule has 276 valence electrons. The number of fused-ring (bicyclic) bond motifs is 8. The zero-order valence-corrected chi connectivity index (χ0v) is 32.8. The SMILES string of the molecule is c1ccc(-c2cc(-c3ccccc3)cc(-c3cccc(-c4c5c(cc6c7ccccc7c7cccc5c76)c(-c5ccccc5)c5c6cccc7cccc(c45)c76)c3)c2)cc1. The first-order valence-corrected chi connectivity index (χ1v) is 20.9. The summed E-state index contributed by atoms with van der Waals surface area (Å²) in [5.41, 5.74) is 12.3. The fraction of sp³-hybridized carbons (Fsp3) is 0. The van der Waals surface area contributed by atoms with E-state index in [9.17, 15) is 0 Å². The van der Waals surface area contributed by atoms with E-state index >= 15 is 0 Å². The fourth-order valence-corrected chi connectivity index (χ4v) is 10.6. The summed E-state index contributed by atoms with van der Waals surface area (Å²) in [6.45, 7) is 0. The Balaban J connectivity index is 1.21.